The van der Waals surface area contributed by atoms with Gasteiger partial charge in [-0.05, 0) is 12.1 Å². The maximum atomic E-state index is 5.24. The summed E-state index contributed by atoms with van der Waals surface area (Å²) in [7, 11) is 0. The molecule has 1 nitrogen and oxygen atoms in total. The van der Waals surface area contributed by atoms with Gasteiger partial charge in [0, 0.05) is 23.5 Å². The Balaban J connectivity index is 2.83. The summed E-state index contributed by atoms with van der Waals surface area (Å²) in [6.07, 6.45) is 8.67. The second-order valence-electron chi connectivity index (χ2n) is 1.30. The molecule has 1 aromatic rings. The Hall–Kier alpha value is -0.500. The van der Waals surface area contributed by atoms with Gasteiger partial charge in [0.2, 0.25) is 0 Å². The molecule has 0 fully saturated rings. The van der Waals surface area contributed by atoms with Gasteiger partial charge in [-0.25, -0.2) is 0 Å². The zero-order valence-electron chi connectivity index (χ0n) is 4.24. The van der Waals surface area contributed by atoms with Crippen molar-refractivity contribution < 1.29 is 0 Å². The van der Waals surface area contributed by atoms with E-state index in [0.29, 0.717) is 0 Å². The van der Waals surface area contributed by atoms with Crippen LogP contribution in [-0.2, 0) is 0 Å². The van der Waals surface area contributed by atoms with E-state index in [1.54, 1.807) is 12.4 Å². The first-order valence-electron chi connectivity index (χ1n) is 2.20. The van der Waals surface area contributed by atoms with E-state index < -0.39 is 0 Å². The maximum absolute atomic E-state index is 5.24. The number of hydrogen-bond acceptors (Lipinski definition) is 2. The van der Waals surface area contributed by atoms with E-state index in [2.05, 4.69) is 4.98 Å². The first-order valence-corrected chi connectivity index (χ1v) is 3.08. The summed E-state index contributed by atoms with van der Waals surface area (Å²) in [5.74, 6) is 0. The van der Waals surface area contributed by atoms with E-state index >= 15 is 0 Å². The van der Waals surface area contributed by atoms with Crippen LogP contribution < -0.4 is 0 Å². The molecule has 0 amide bonds. The highest BCUT2D eigenvalue weighted by atomic mass is 32.2. The molecule has 0 aliphatic rings. The molecule has 0 atom stereocenters. The molecule has 8 heavy (non-hydrogen) atoms. The summed E-state index contributed by atoms with van der Waals surface area (Å²) >= 11 is 1.23. The highest BCUT2D eigenvalue weighted by Crippen LogP contribution is 2.12. The van der Waals surface area contributed by atoms with E-state index in [4.69, 9.17) is 6.26 Å². The van der Waals surface area contributed by atoms with Crippen LogP contribution in [0.4, 0.5) is 0 Å². The number of pyridine rings is 1. The fourth-order valence-electron chi connectivity index (χ4n) is 0.417. The van der Waals surface area contributed by atoms with Crippen molar-refractivity contribution in [2.75, 3.05) is 0 Å². The van der Waals surface area contributed by atoms with Crippen LogP contribution in [0.15, 0.2) is 29.4 Å². The summed E-state index contributed by atoms with van der Waals surface area (Å²) in [5.41, 5.74) is 0. The Kier molecular flexibility index (Phi) is 1.92. The van der Waals surface area contributed by atoms with Gasteiger partial charge in [-0.2, -0.15) is 0 Å². The minimum absolute atomic E-state index is 1.04. The zero-order valence-corrected chi connectivity index (χ0v) is 5.06. The van der Waals surface area contributed by atoms with Gasteiger partial charge in [0.15, 0.2) is 0 Å². The number of nitrogens with zero attached hydrogens (tertiary/aromatic N) is 1. The molecule has 2 radical (unpaired) electrons. The van der Waals surface area contributed by atoms with Crippen molar-refractivity contribution in [3.8, 4) is 0 Å². The lowest BCUT2D eigenvalue weighted by Gasteiger charge is -1.88. The van der Waals surface area contributed by atoms with Gasteiger partial charge in [-0.1, -0.05) is 0 Å². The molecule has 0 aromatic carbocycles. The molecule has 1 aromatic heterocycles. The Bertz CT molecular complexity index is 150. The molecule has 0 spiro atoms. The van der Waals surface area contributed by atoms with Gasteiger partial charge in [0.1, 0.15) is 0 Å². The smallest absolute Gasteiger partial charge is 0.0362 e. The molecule has 2 heteroatoms. The summed E-state index contributed by atoms with van der Waals surface area (Å²) < 4.78 is 0. The third-order valence-electron chi connectivity index (χ3n) is 0.786. The molecule has 0 saturated heterocycles. The van der Waals surface area contributed by atoms with Crippen LogP contribution in [0.2, 0.25) is 0 Å². The molecule has 1 heterocycles. The monoisotopic (exact) mass is 123 g/mol. The Labute approximate surface area is 53.1 Å². The van der Waals surface area contributed by atoms with Crippen LogP contribution in [0.5, 0.6) is 0 Å². The molecule has 0 aliphatic carbocycles. The van der Waals surface area contributed by atoms with Gasteiger partial charge in [-0.15, -0.1) is 11.8 Å². The fourth-order valence-corrected chi connectivity index (χ4v) is 0.696. The molecule has 0 aliphatic heterocycles. The van der Waals surface area contributed by atoms with Crippen LogP contribution in [0.25, 0.3) is 0 Å². The third kappa shape index (κ3) is 1.23. The van der Waals surface area contributed by atoms with Gasteiger partial charge >= 0.3 is 0 Å². The van der Waals surface area contributed by atoms with Crippen LogP contribution in [0, 0.1) is 6.26 Å². The van der Waals surface area contributed by atoms with Gasteiger partial charge in [0.05, 0.1) is 0 Å². The maximum Gasteiger partial charge on any atom is 0.0362 e. The summed E-state index contributed by atoms with van der Waals surface area (Å²) in [4.78, 5) is 4.87. The molecular formula is C6H5NS. The van der Waals surface area contributed by atoms with E-state index in [1.807, 2.05) is 12.1 Å². The standard InChI is InChI=1S/C6H5NS/c1-8-6-2-4-7-5-3-6/h1-5H. The van der Waals surface area contributed by atoms with E-state index in [-0.39, 0.29) is 0 Å². The second-order valence-corrected chi connectivity index (χ2v) is 2.01. The average Bonchev–Trinajstić information content (AvgIpc) is 1.90. The largest absolute Gasteiger partial charge is 0.265 e. The second kappa shape index (κ2) is 2.72. The van der Waals surface area contributed by atoms with Crippen LogP contribution in [0.3, 0.4) is 0 Å². The van der Waals surface area contributed by atoms with Crippen molar-refractivity contribution in [2.45, 2.75) is 4.90 Å². The number of thioether (sulfide) groups is 1. The molecule has 40 valence electrons. The highest BCUT2D eigenvalue weighted by Gasteiger charge is 1.81. The minimum atomic E-state index is 1.04. The average molecular weight is 123 g/mol. The molecule has 0 bridgehead atoms. The quantitative estimate of drug-likeness (QED) is 0.528. The predicted octanol–water partition coefficient (Wildman–Crippen LogP) is 1.84. The lowest BCUT2D eigenvalue weighted by Crippen LogP contribution is -1.67. The molecule has 1 rings (SSSR count). The SMILES string of the molecule is [CH]Sc1ccncc1. The molecular weight excluding hydrogens is 118 g/mol. The van der Waals surface area contributed by atoms with E-state index in [0.717, 1.165) is 4.90 Å². The minimum Gasteiger partial charge on any atom is -0.265 e. The van der Waals surface area contributed by atoms with Gasteiger partial charge < -0.3 is 0 Å². The van der Waals surface area contributed by atoms with E-state index in [1.165, 1.54) is 11.8 Å². The third-order valence-corrected chi connectivity index (χ3v) is 1.33. The Morgan fingerprint density at radius 2 is 2.00 bits per heavy atom. The molecule has 0 saturated carbocycles. The Morgan fingerprint density at radius 3 is 2.38 bits per heavy atom. The number of hydrogen-bond donors (Lipinski definition) is 0. The summed E-state index contributed by atoms with van der Waals surface area (Å²) in [6, 6.07) is 3.73. The van der Waals surface area contributed by atoms with Crippen LogP contribution in [0.1, 0.15) is 0 Å². The number of aromatic nitrogens is 1. The van der Waals surface area contributed by atoms with Crippen LogP contribution >= 0.6 is 11.8 Å². The predicted molar refractivity (Wildman–Crippen MR) is 34.4 cm³/mol. The van der Waals surface area contributed by atoms with E-state index in [9.17, 15) is 0 Å². The zero-order chi connectivity index (χ0) is 5.82. The molecule has 0 N–H and O–H groups in total. The van der Waals surface area contributed by atoms with Crippen molar-refractivity contribution in [3.63, 3.8) is 0 Å². The Morgan fingerprint density at radius 1 is 1.38 bits per heavy atom. The topological polar surface area (TPSA) is 12.9 Å². The van der Waals surface area contributed by atoms with Crippen molar-refractivity contribution in [1.29, 1.82) is 0 Å². The first kappa shape index (κ1) is 5.63. The normalized spacial score (nSPS) is 9.12. The fraction of sp³-hybridized carbons (Fsp3) is 0. The molecule has 0 unspecified atom stereocenters. The van der Waals surface area contributed by atoms with Crippen molar-refractivity contribution >= 4 is 11.8 Å². The van der Waals surface area contributed by atoms with Crippen molar-refractivity contribution in [1.82, 2.24) is 4.98 Å². The first-order chi connectivity index (χ1) is 3.93. The van der Waals surface area contributed by atoms with Gasteiger partial charge in [-0.3, -0.25) is 4.98 Å². The van der Waals surface area contributed by atoms with Crippen molar-refractivity contribution in [3.05, 3.63) is 30.8 Å². The lowest BCUT2D eigenvalue weighted by atomic mass is 10.5. The summed E-state index contributed by atoms with van der Waals surface area (Å²) in [6.45, 7) is 0. The number of rotatable bonds is 1. The van der Waals surface area contributed by atoms with Crippen molar-refractivity contribution in [2.24, 2.45) is 0 Å². The lowest BCUT2D eigenvalue weighted by molar-refractivity contribution is 1.27. The van der Waals surface area contributed by atoms with Gasteiger partial charge in [0.25, 0.3) is 0 Å². The highest BCUT2D eigenvalue weighted by molar-refractivity contribution is 8.00. The summed E-state index contributed by atoms with van der Waals surface area (Å²) in [5, 5.41) is 0. The van der Waals surface area contributed by atoms with Crippen LogP contribution in [-0.4, -0.2) is 4.98 Å².